The third kappa shape index (κ3) is 2.83. The number of nitrogens with zero attached hydrogens (tertiary/aromatic N) is 1. The Labute approximate surface area is 150 Å². The average molecular weight is 373 g/mol. The first-order valence-electron chi connectivity index (χ1n) is 8.11. The molecule has 2 N–H and O–H groups in total. The summed E-state index contributed by atoms with van der Waals surface area (Å²) >= 11 is 0. The van der Waals surface area contributed by atoms with Crippen LogP contribution in [0, 0.1) is 13.8 Å². The van der Waals surface area contributed by atoms with Gasteiger partial charge in [-0.3, -0.25) is 0 Å². The molecule has 0 spiro atoms. The van der Waals surface area contributed by atoms with Crippen LogP contribution < -0.4 is 5.69 Å². The van der Waals surface area contributed by atoms with Gasteiger partial charge < -0.3 is 14.5 Å². The molecule has 0 aliphatic heterocycles. The number of aromatic amines is 2. The van der Waals surface area contributed by atoms with E-state index in [4.69, 9.17) is 4.52 Å². The second-order valence-corrected chi connectivity index (χ2v) is 6.27. The Morgan fingerprint density at radius 1 is 1.04 bits per heavy atom. The third-order valence-corrected chi connectivity index (χ3v) is 4.47. The molecule has 0 aliphatic rings. The van der Waals surface area contributed by atoms with Crippen LogP contribution >= 0.6 is 0 Å². The minimum absolute atomic E-state index is 0.0149. The molecule has 4 rings (SSSR count). The van der Waals surface area contributed by atoms with Gasteiger partial charge in [0, 0.05) is 11.1 Å². The van der Waals surface area contributed by atoms with Crippen molar-refractivity contribution < 1.29 is 17.7 Å². The Bertz CT molecular complexity index is 1200. The van der Waals surface area contributed by atoms with Crippen LogP contribution in [0.15, 0.2) is 45.7 Å². The van der Waals surface area contributed by atoms with Gasteiger partial charge in [0.1, 0.15) is 5.76 Å². The molecule has 0 amide bonds. The van der Waals surface area contributed by atoms with Gasteiger partial charge >= 0.3 is 11.9 Å². The summed E-state index contributed by atoms with van der Waals surface area (Å²) in [6.45, 7) is 3.47. The lowest BCUT2D eigenvalue weighted by atomic mass is 9.94. The molecular weight excluding hydrogens is 359 g/mol. The second-order valence-electron chi connectivity index (χ2n) is 6.27. The normalized spacial score (nSPS) is 12.0. The van der Waals surface area contributed by atoms with Crippen LogP contribution in [0.5, 0.6) is 0 Å². The van der Waals surface area contributed by atoms with Crippen molar-refractivity contribution in [1.29, 1.82) is 0 Å². The summed E-state index contributed by atoms with van der Waals surface area (Å²) in [4.78, 5) is 17.0. The summed E-state index contributed by atoms with van der Waals surface area (Å²) in [6, 6.07) is 8.59. The Balaban J connectivity index is 2.09. The summed E-state index contributed by atoms with van der Waals surface area (Å²) in [5, 5.41) is 3.90. The maximum Gasteiger partial charge on any atom is 0.417 e. The van der Waals surface area contributed by atoms with Crippen molar-refractivity contribution in [3.8, 4) is 22.3 Å². The molecule has 27 heavy (non-hydrogen) atoms. The predicted octanol–water partition coefficient (Wildman–Crippen LogP) is 4.81. The second kappa shape index (κ2) is 5.87. The molecule has 5 nitrogen and oxygen atoms in total. The topological polar surface area (TPSA) is 74.7 Å². The first-order chi connectivity index (χ1) is 12.8. The number of fused-ring (bicyclic) bond motifs is 1. The lowest BCUT2D eigenvalue weighted by Gasteiger charge is -2.14. The Kier molecular flexibility index (Phi) is 3.73. The van der Waals surface area contributed by atoms with E-state index < -0.39 is 17.4 Å². The molecule has 0 saturated carbocycles. The number of aryl methyl sites for hydroxylation is 2. The molecular formula is C19H14F3N3O2. The monoisotopic (exact) mass is 373 g/mol. The Hall–Kier alpha value is -3.29. The average Bonchev–Trinajstić information content (AvgIpc) is 3.14. The minimum atomic E-state index is -4.53. The zero-order valence-electron chi connectivity index (χ0n) is 14.4. The number of benzene rings is 2. The van der Waals surface area contributed by atoms with Gasteiger partial charge in [-0.05, 0) is 43.2 Å². The summed E-state index contributed by atoms with van der Waals surface area (Å²) < 4.78 is 45.8. The molecule has 2 aromatic carbocycles. The highest BCUT2D eigenvalue weighted by Gasteiger charge is 2.34. The summed E-state index contributed by atoms with van der Waals surface area (Å²) in [6.07, 6.45) is -4.53. The number of imidazole rings is 1. The van der Waals surface area contributed by atoms with Gasteiger partial charge in [0.2, 0.25) is 0 Å². The van der Waals surface area contributed by atoms with Crippen LogP contribution in [-0.4, -0.2) is 15.1 Å². The van der Waals surface area contributed by atoms with Gasteiger partial charge in [0.15, 0.2) is 0 Å². The molecule has 0 unspecified atom stereocenters. The third-order valence-electron chi connectivity index (χ3n) is 4.47. The number of rotatable bonds is 2. The van der Waals surface area contributed by atoms with Crippen molar-refractivity contribution in [2.24, 2.45) is 0 Å². The van der Waals surface area contributed by atoms with Crippen LogP contribution in [0.3, 0.4) is 0 Å². The molecule has 0 bridgehead atoms. The van der Waals surface area contributed by atoms with Crippen molar-refractivity contribution >= 4 is 11.0 Å². The van der Waals surface area contributed by atoms with Crippen LogP contribution in [-0.2, 0) is 6.18 Å². The number of alkyl halides is 3. The number of H-pyrrole nitrogens is 2. The van der Waals surface area contributed by atoms with E-state index >= 15 is 0 Å². The molecule has 2 heterocycles. The number of nitrogens with one attached hydrogen (secondary N) is 2. The maximum absolute atomic E-state index is 13.5. The highest BCUT2D eigenvalue weighted by atomic mass is 19.4. The first-order valence-corrected chi connectivity index (χ1v) is 8.11. The minimum Gasteiger partial charge on any atom is -0.361 e. The van der Waals surface area contributed by atoms with E-state index in [1.54, 1.807) is 26.0 Å². The number of halogens is 3. The van der Waals surface area contributed by atoms with Crippen LogP contribution in [0.1, 0.15) is 17.0 Å². The van der Waals surface area contributed by atoms with Crippen molar-refractivity contribution in [2.45, 2.75) is 20.0 Å². The Morgan fingerprint density at radius 2 is 1.78 bits per heavy atom. The maximum atomic E-state index is 13.5. The molecule has 0 saturated heterocycles. The van der Waals surface area contributed by atoms with Gasteiger partial charge in [0.05, 0.1) is 22.3 Å². The highest BCUT2D eigenvalue weighted by molar-refractivity contribution is 5.97. The fraction of sp³-hybridized carbons (Fsp3) is 0.158. The van der Waals surface area contributed by atoms with Gasteiger partial charge in [-0.1, -0.05) is 23.4 Å². The van der Waals surface area contributed by atoms with Crippen molar-refractivity contribution in [3.05, 3.63) is 63.9 Å². The molecule has 0 atom stereocenters. The molecule has 0 radical (unpaired) electrons. The van der Waals surface area contributed by atoms with E-state index in [1.807, 2.05) is 0 Å². The highest BCUT2D eigenvalue weighted by Crippen LogP contribution is 2.41. The standard InChI is InChI=1S/C19H14F3N3O2/c1-9-16(10(2)27-25-9)11-7-13(17-15(8-11)23-18(26)24-17)12-5-3-4-6-14(12)19(20,21)22/h3-8H,1-2H3,(H2,23,24,26). The fourth-order valence-corrected chi connectivity index (χ4v) is 3.36. The quantitative estimate of drug-likeness (QED) is 0.529. The van der Waals surface area contributed by atoms with E-state index in [9.17, 15) is 18.0 Å². The van der Waals surface area contributed by atoms with Crippen LogP contribution in [0.4, 0.5) is 13.2 Å². The van der Waals surface area contributed by atoms with Crippen molar-refractivity contribution in [1.82, 2.24) is 15.1 Å². The van der Waals surface area contributed by atoms with E-state index in [-0.39, 0.29) is 11.1 Å². The molecule has 138 valence electrons. The van der Waals surface area contributed by atoms with Gasteiger partial charge in [-0.25, -0.2) is 4.79 Å². The predicted molar refractivity (Wildman–Crippen MR) is 94.3 cm³/mol. The SMILES string of the molecule is Cc1noc(C)c1-c1cc(-c2ccccc2C(F)(F)F)c2[nH]c(=O)[nH]c2c1. The Morgan fingerprint density at radius 3 is 2.44 bits per heavy atom. The zero-order valence-corrected chi connectivity index (χ0v) is 14.4. The molecule has 8 heteroatoms. The van der Waals surface area contributed by atoms with E-state index in [2.05, 4.69) is 15.1 Å². The van der Waals surface area contributed by atoms with Crippen LogP contribution in [0.25, 0.3) is 33.3 Å². The van der Waals surface area contributed by atoms with E-state index in [1.165, 1.54) is 18.2 Å². The molecule has 0 fully saturated rings. The fourth-order valence-electron chi connectivity index (χ4n) is 3.36. The summed E-state index contributed by atoms with van der Waals surface area (Å²) in [5.74, 6) is 0.541. The lowest BCUT2D eigenvalue weighted by Crippen LogP contribution is -2.07. The van der Waals surface area contributed by atoms with Gasteiger partial charge in [-0.2, -0.15) is 13.2 Å². The smallest absolute Gasteiger partial charge is 0.361 e. The number of hydrogen-bond donors (Lipinski definition) is 2. The van der Waals surface area contributed by atoms with Gasteiger partial charge in [0.25, 0.3) is 0 Å². The molecule has 0 aliphatic carbocycles. The van der Waals surface area contributed by atoms with E-state index in [0.717, 1.165) is 6.07 Å². The largest absolute Gasteiger partial charge is 0.417 e. The lowest BCUT2D eigenvalue weighted by molar-refractivity contribution is -0.137. The van der Waals surface area contributed by atoms with Gasteiger partial charge in [-0.15, -0.1) is 0 Å². The number of aromatic nitrogens is 3. The summed E-state index contributed by atoms with van der Waals surface area (Å²) in [7, 11) is 0. The van der Waals surface area contributed by atoms with Crippen molar-refractivity contribution in [2.75, 3.05) is 0 Å². The van der Waals surface area contributed by atoms with E-state index in [0.29, 0.717) is 33.6 Å². The molecule has 2 aromatic heterocycles. The molecule has 4 aromatic rings. The zero-order chi connectivity index (χ0) is 19.3. The van der Waals surface area contributed by atoms with Crippen LogP contribution in [0.2, 0.25) is 0 Å². The number of hydrogen-bond acceptors (Lipinski definition) is 3. The van der Waals surface area contributed by atoms with Crippen molar-refractivity contribution in [3.63, 3.8) is 0 Å². The first kappa shape index (κ1) is 17.1. The summed E-state index contributed by atoms with van der Waals surface area (Å²) in [5.41, 5.74) is 1.62.